The Bertz CT molecular complexity index is 1550. The quantitative estimate of drug-likeness (QED) is 0.207. The number of amides is 2. The van der Waals surface area contributed by atoms with E-state index in [9.17, 15) is 32.5 Å². The van der Waals surface area contributed by atoms with Crippen molar-refractivity contribution in [2.75, 3.05) is 24.5 Å². The normalized spacial score (nSPS) is 11.8. The molecular weight excluding hydrogens is 579 g/mol. The Morgan fingerprint density at radius 3 is 2.26 bits per heavy atom. The number of hydrogen-bond acceptors (Lipinski definition) is 7. The number of rotatable bonds is 14. The van der Waals surface area contributed by atoms with Crippen molar-refractivity contribution < 1.29 is 32.1 Å². The van der Waals surface area contributed by atoms with Crippen molar-refractivity contribution in [1.82, 2.24) is 10.2 Å². The van der Waals surface area contributed by atoms with Crippen LogP contribution in [0, 0.1) is 22.9 Å². The van der Waals surface area contributed by atoms with Gasteiger partial charge in [0.05, 0.1) is 22.6 Å². The molecule has 3 aromatic rings. The van der Waals surface area contributed by atoms with Gasteiger partial charge in [0, 0.05) is 24.7 Å². The fourth-order valence-corrected chi connectivity index (χ4v) is 5.86. The van der Waals surface area contributed by atoms with Gasteiger partial charge in [0.2, 0.25) is 11.8 Å². The van der Waals surface area contributed by atoms with Crippen molar-refractivity contribution in [3.8, 4) is 5.75 Å². The number of nitro benzene ring substituents is 1. The first-order chi connectivity index (χ1) is 20.4. The highest BCUT2D eigenvalue weighted by atomic mass is 32.2. The van der Waals surface area contributed by atoms with Gasteiger partial charge in [-0.05, 0) is 67.8 Å². The summed E-state index contributed by atoms with van der Waals surface area (Å²) in [6.45, 7) is 4.66. The number of nitrogens with zero attached hydrogens (tertiary/aromatic N) is 3. The summed E-state index contributed by atoms with van der Waals surface area (Å²) in [5, 5.41) is 14.4. The number of methoxy groups -OCH3 is 1. The Balaban J connectivity index is 2.11. The van der Waals surface area contributed by atoms with Crippen LogP contribution in [0.3, 0.4) is 0 Å². The van der Waals surface area contributed by atoms with Crippen LogP contribution < -0.4 is 14.4 Å². The highest BCUT2D eigenvalue weighted by Crippen LogP contribution is 2.29. The first-order valence-corrected chi connectivity index (χ1v) is 15.1. The molecule has 13 heteroatoms. The molecule has 0 aliphatic heterocycles. The maximum Gasteiger partial charge on any atom is 0.273 e. The van der Waals surface area contributed by atoms with E-state index in [4.69, 9.17) is 4.74 Å². The number of anilines is 1. The number of nitro groups is 1. The Morgan fingerprint density at radius 1 is 1.05 bits per heavy atom. The number of ether oxygens (including phenoxy) is 1. The van der Waals surface area contributed by atoms with Gasteiger partial charge in [-0.2, -0.15) is 0 Å². The van der Waals surface area contributed by atoms with Crippen LogP contribution in [0.2, 0.25) is 0 Å². The SMILES string of the molecule is CCCNC(=O)[C@@H](CC)N(Cc1ccc(F)cc1)C(=O)CN(c1ccc(OC)cc1)S(=O)(=O)c1ccc(C)c([N+](=O)[O-])c1. The van der Waals surface area contributed by atoms with Gasteiger partial charge in [-0.3, -0.25) is 24.0 Å². The number of sulfonamides is 1. The monoisotopic (exact) mass is 614 g/mol. The summed E-state index contributed by atoms with van der Waals surface area (Å²) in [6, 6.07) is 13.9. The van der Waals surface area contributed by atoms with Crippen LogP contribution in [0.1, 0.15) is 37.8 Å². The highest BCUT2D eigenvalue weighted by molar-refractivity contribution is 7.92. The van der Waals surface area contributed by atoms with Crippen molar-refractivity contribution in [2.24, 2.45) is 0 Å². The minimum atomic E-state index is -4.53. The van der Waals surface area contributed by atoms with Gasteiger partial charge >= 0.3 is 0 Å². The summed E-state index contributed by atoms with van der Waals surface area (Å²) in [5.74, 6) is -1.15. The van der Waals surface area contributed by atoms with Crippen molar-refractivity contribution in [3.63, 3.8) is 0 Å². The van der Waals surface area contributed by atoms with Gasteiger partial charge in [-0.1, -0.05) is 32.0 Å². The van der Waals surface area contributed by atoms with Crippen LogP contribution in [0.15, 0.2) is 71.6 Å². The van der Waals surface area contributed by atoms with Gasteiger partial charge in [-0.15, -0.1) is 0 Å². The Labute approximate surface area is 250 Å². The summed E-state index contributed by atoms with van der Waals surface area (Å²) in [5.41, 5.74) is 0.510. The third-order valence-corrected chi connectivity index (χ3v) is 8.58. The zero-order valence-electron chi connectivity index (χ0n) is 24.4. The van der Waals surface area contributed by atoms with E-state index >= 15 is 0 Å². The standard InChI is InChI=1S/C30H35FN4O7S/c1-5-17-32-30(37)27(6-2)33(19-22-8-10-23(31)11-9-22)29(36)20-34(24-12-14-25(42-4)15-13-24)43(40,41)26-16-7-21(3)28(18-26)35(38)39/h7-16,18,27H,5-6,17,19-20H2,1-4H3,(H,32,37)/t27-/m1/s1. The summed E-state index contributed by atoms with van der Waals surface area (Å²) < 4.78 is 47.7. The largest absolute Gasteiger partial charge is 0.497 e. The summed E-state index contributed by atoms with van der Waals surface area (Å²) in [6.07, 6.45) is 0.891. The highest BCUT2D eigenvalue weighted by Gasteiger charge is 2.34. The molecule has 43 heavy (non-hydrogen) atoms. The van der Waals surface area contributed by atoms with Gasteiger partial charge in [0.1, 0.15) is 24.2 Å². The van der Waals surface area contributed by atoms with Gasteiger partial charge in [0.25, 0.3) is 15.7 Å². The van der Waals surface area contributed by atoms with Crippen LogP contribution in [0.25, 0.3) is 0 Å². The average molecular weight is 615 g/mol. The number of halogens is 1. The molecule has 0 radical (unpaired) electrons. The minimum Gasteiger partial charge on any atom is -0.497 e. The topological polar surface area (TPSA) is 139 Å². The molecule has 0 aliphatic rings. The lowest BCUT2D eigenvalue weighted by atomic mass is 10.1. The second-order valence-corrected chi connectivity index (χ2v) is 11.6. The number of carbonyl (C=O) groups excluding carboxylic acids is 2. The number of hydrogen-bond donors (Lipinski definition) is 1. The zero-order chi connectivity index (χ0) is 31.7. The maximum atomic E-state index is 14.0. The molecule has 0 fully saturated rings. The van der Waals surface area contributed by atoms with Crippen LogP contribution in [0.5, 0.6) is 5.75 Å². The smallest absolute Gasteiger partial charge is 0.273 e. The Hall–Kier alpha value is -4.52. The van der Waals surface area contributed by atoms with Gasteiger partial charge < -0.3 is 15.0 Å². The molecule has 3 rings (SSSR count). The summed E-state index contributed by atoms with van der Waals surface area (Å²) >= 11 is 0. The predicted octanol–water partition coefficient (Wildman–Crippen LogP) is 4.58. The molecule has 1 atom stereocenters. The number of nitrogens with one attached hydrogen (secondary N) is 1. The van der Waals surface area contributed by atoms with Gasteiger partial charge in [0.15, 0.2) is 0 Å². The molecule has 0 heterocycles. The van der Waals surface area contributed by atoms with E-state index in [0.717, 1.165) is 10.4 Å². The molecule has 3 aromatic carbocycles. The van der Waals surface area contributed by atoms with E-state index in [1.807, 2.05) is 6.92 Å². The molecular formula is C30H35FN4O7S. The fraction of sp³-hybridized carbons (Fsp3) is 0.333. The molecule has 230 valence electrons. The van der Waals surface area contributed by atoms with E-state index in [2.05, 4.69) is 5.32 Å². The van der Waals surface area contributed by atoms with Crippen LogP contribution in [-0.4, -0.2) is 56.3 Å². The van der Waals surface area contributed by atoms with Crippen molar-refractivity contribution in [2.45, 2.75) is 51.1 Å². The second kappa shape index (κ2) is 14.6. The predicted molar refractivity (Wildman–Crippen MR) is 160 cm³/mol. The third-order valence-electron chi connectivity index (χ3n) is 6.81. The van der Waals surface area contributed by atoms with Crippen LogP contribution in [-0.2, 0) is 26.2 Å². The van der Waals surface area contributed by atoms with Crippen molar-refractivity contribution >= 4 is 33.2 Å². The first-order valence-electron chi connectivity index (χ1n) is 13.7. The molecule has 0 unspecified atom stereocenters. The lowest BCUT2D eigenvalue weighted by molar-refractivity contribution is -0.385. The van der Waals surface area contributed by atoms with E-state index in [0.29, 0.717) is 24.3 Å². The van der Waals surface area contributed by atoms with Crippen molar-refractivity contribution in [3.05, 3.63) is 93.8 Å². The van der Waals surface area contributed by atoms with E-state index in [1.165, 1.54) is 79.6 Å². The number of benzene rings is 3. The Kier molecular flexibility index (Phi) is 11.2. The van der Waals surface area contributed by atoms with Crippen LogP contribution >= 0.6 is 0 Å². The first kappa shape index (κ1) is 33.0. The summed E-state index contributed by atoms with van der Waals surface area (Å²) in [7, 11) is -3.09. The lowest BCUT2D eigenvalue weighted by Gasteiger charge is -2.33. The maximum absolute atomic E-state index is 14.0. The van der Waals surface area contributed by atoms with E-state index in [-0.39, 0.29) is 29.1 Å². The Morgan fingerprint density at radius 2 is 1.70 bits per heavy atom. The van der Waals surface area contributed by atoms with E-state index < -0.39 is 50.9 Å². The number of carbonyl (C=O) groups is 2. The zero-order valence-corrected chi connectivity index (χ0v) is 25.3. The van der Waals surface area contributed by atoms with Crippen LogP contribution in [0.4, 0.5) is 15.8 Å². The molecule has 0 aliphatic carbocycles. The third kappa shape index (κ3) is 8.07. The molecule has 0 saturated carbocycles. The van der Waals surface area contributed by atoms with Crippen molar-refractivity contribution in [1.29, 1.82) is 0 Å². The molecule has 0 bridgehead atoms. The number of aryl methyl sites for hydroxylation is 1. The lowest BCUT2D eigenvalue weighted by Crippen LogP contribution is -2.52. The second-order valence-electron chi connectivity index (χ2n) is 9.78. The molecule has 1 N–H and O–H groups in total. The molecule has 0 saturated heterocycles. The molecule has 2 amide bonds. The average Bonchev–Trinajstić information content (AvgIpc) is 2.99. The minimum absolute atomic E-state index is 0.0936. The van der Waals surface area contributed by atoms with Gasteiger partial charge in [-0.25, -0.2) is 12.8 Å². The summed E-state index contributed by atoms with van der Waals surface area (Å²) in [4.78, 5) is 39.0. The molecule has 11 nitrogen and oxygen atoms in total. The fourth-order valence-electron chi connectivity index (χ4n) is 4.42. The molecule has 0 aromatic heterocycles. The molecule has 0 spiro atoms. The van der Waals surface area contributed by atoms with E-state index in [1.54, 1.807) is 6.92 Å².